The highest BCUT2D eigenvalue weighted by atomic mass is 16.6. The van der Waals surface area contributed by atoms with Crippen LogP contribution in [0.5, 0.6) is 11.6 Å². The Balaban J connectivity index is 0.968. The van der Waals surface area contributed by atoms with Crippen molar-refractivity contribution >= 4 is 29.7 Å². The van der Waals surface area contributed by atoms with Crippen molar-refractivity contribution in [3.8, 4) is 22.9 Å². The Bertz CT molecular complexity index is 1610. The summed E-state index contributed by atoms with van der Waals surface area (Å²) in [4.78, 5) is 48.8. The monoisotopic (exact) mass is 630 g/mol. The number of fused-ring (bicyclic) bond motifs is 1. The topological polar surface area (TPSA) is 144 Å². The quantitative estimate of drug-likeness (QED) is 0.310. The molecule has 242 valence electrons. The molecule has 46 heavy (non-hydrogen) atoms. The summed E-state index contributed by atoms with van der Waals surface area (Å²) in [7, 11) is 0. The molecule has 2 saturated heterocycles. The normalized spacial score (nSPS) is 19.0. The molecule has 5 heterocycles. The number of benzene rings is 1. The van der Waals surface area contributed by atoms with E-state index in [-0.39, 0.29) is 30.8 Å². The second-order valence-corrected chi connectivity index (χ2v) is 12.4. The van der Waals surface area contributed by atoms with E-state index in [4.69, 9.17) is 23.9 Å². The molecular formula is C33H38N6O7. The van der Waals surface area contributed by atoms with Crippen LogP contribution in [0.4, 0.5) is 21.2 Å². The third kappa shape index (κ3) is 7.48. The maximum absolute atomic E-state index is 12.5. The van der Waals surface area contributed by atoms with Crippen LogP contribution in [0.2, 0.25) is 0 Å². The van der Waals surface area contributed by atoms with Gasteiger partial charge in [0.1, 0.15) is 24.1 Å². The van der Waals surface area contributed by atoms with Gasteiger partial charge < -0.3 is 34.5 Å². The van der Waals surface area contributed by atoms with Gasteiger partial charge in [-0.2, -0.15) is 0 Å². The molecule has 1 aromatic carbocycles. The summed E-state index contributed by atoms with van der Waals surface area (Å²) in [6, 6.07) is 17.1. The van der Waals surface area contributed by atoms with Crippen LogP contribution in [0.3, 0.4) is 0 Å². The fourth-order valence-corrected chi connectivity index (χ4v) is 5.31. The van der Waals surface area contributed by atoms with Crippen LogP contribution < -0.4 is 25.0 Å². The van der Waals surface area contributed by atoms with E-state index in [9.17, 15) is 14.4 Å². The van der Waals surface area contributed by atoms with Gasteiger partial charge in [0.2, 0.25) is 5.88 Å². The number of likely N-dealkylation sites (tertiary alicyclic amines) is 1. The number of aromatic nitrogens is 2. The fraction of sp³-hybridized carbons (Fsp3) is 0.424. The standard InChI is InChI=1S/C33H38N6O7/c1-33(2,3)46-32(42)38-15-13-23(38)19-44-29-9-5-8-25(35-29)22-7-4-6-21(16-22)17-34-14-12-24-18-39(31(41)45-24)27-11-10-26-30(36-27)37-28(40)20-43-26/h4-11,16,23-24,34H,12-15,17-20H2,1-3H3,(H,36,37,40)/t23-,24+/m1/s1. The number of carbonyl (C=O) groups excluding carboxylic acids is 3. The van der Waals surface area contributed by atoms with Gasteiger partial charge in [-0.3, -0.25) is 9.69 Å². The number of hydrogen-bond acceptors (Lipinski definition) is 10. The van der Waals surface area contributed by atoms with Crippen molar-refractivity contribution in [2.75, 3.05) is 43.1 Å². The lowest BCUT2D eigenvalue weighted by atomic mass is 10.1. The maximum atomic E-state index is 12.5. The van der Waals surface area contributed by atoms with Gasteiger partial charge in [0, 0.05) is 24.7 Å². The molecule has 3 aliphatic rings. The van der Waals surface area contributed by atoms with Crippen LogP contribution in [0.1, 0.15) is 39.2 Å². The molecule has 0 saturated carbocycles. The zero-order chi connectivity index (χ0) is 32.3. The number of nitrogens with one attached hydrogen (secondary N) is 2. The van der Waals surface area contributed by atoms with E-state index in [0.717, 1.165) is 23.2 Å². The lowest BCUT2D eigenvalue weighted by Gasteiger charge is -2.40. The molecule has 3 amide bonds. The number of rotatable bonds is 10. The Hall–Kier alpha value is -4.91. The molecule has 0 spiro atoms. The minimum absolute atomic E-state index is 0.0369. The second kappa shape index (κ2) is 13.2. The zero-order valence-electron chi connectivity index (χ0n) is 26.2. The highest BCUT2D eigenvalue weighted by molar-refractivity contribution is 5.95. The van der Waals surface area contributed by atoms with E-state index < -0.39 is 11.7 Å². The van der Waals surface area contributed by atoms with Crippen LogP contribution >= 0.6 is 0 Å². The third-order valence-electron chi connectivity index (χ3n) is 7.72. The number of pyridine rings is 2. The van der Waals surface area contributed by atoms with Gasteiger partial charge >= 0.3 is 12.2 Å². The van der Waals surface area contributed by atoms with Crippen molar-refractivity contribution < 1.29 is 33.3 Å². The summed E-state index contributed by atoms with van der Waals surface area (Å²) in [6.45, 7) is 8.15. The number of ether oxygens (including phenoxy) is 4. The van der Waals surface area contributed by atoms with Crippen molar-refractivity contribution in [3.63, 3.8) is 0 Å². The van der Waals surface area contributed by atoms with E-state index >= 15 is 0 Å². The predicted octanol–water partition coefficient (Wildman–Crippen LogP) is 4.37. The molecule has 0 unspecified atom stereocenters. The van der Waals surface area contributed by atoms with Gasteiger partial charge in [-0.15, -0.1) is 0 Å². The molecular weight excluding hydrogens is 592 g/mol. The smallest absolute Gasteiger partial charge is 0.415 e. The Kier molecular flexibility index (Phi) is 8.93. The average Bonchev–Trinajstić information content (AvgIpc) is 3.38. The van der Waals surface area contributed by atoms with Crippen molar-refractivity contribution in [1.29, 1.82) is 0 Å². The Morgan fingerprint density at radius 1 is 1.11 bits per heavy atom. The number of anilines is 2. The number of carbonyl (C=O) groups is 3. The highest BCUT2D eigenvalue weighted by Gasteiger charge is 2.36. The largest absolute Gasteiger partial charge is 0.480 e. The van der Waals surface area contributed by atoms with Crippen LogP contribution in [0, 0.1) is 0 Å². The first kappa shape index (κ1) is 31.1. The Morgan fingerprint density at radius 3 is 2.76 bits per heavy atom. The Morgan fingerprint density at radius 2 is 1.96 bits per heavy atom. The fourth-order valence-electron chi connectivity index (χ4n) is 5.31. The van der Waals surface area contributed by atoms with Gasteiger partial charge in [0.15, 0.2) is 18.2 Å². The van der Waals surface area contributed by atoms with Crippen molar-refractivity contribution in [1.82, 2.24) is 20.2 Å². The van der Waals surface area contributed by atoms with Gasteiger partial charge in [-0.25, -0.2) is 19.6 Å². The van der Waals surface area contributed by atoms with Gasteiger partial charge in [-0.05, 0) is 70.0 Å². The van der Waals surface area contributed by atoms with Gasteiger partial charge in [0.25, 0.3) is 5.91 Å². The van der Waals surface area contributed by atoms with Crippen LogP contribution in [0.25, 0.3) is 11.3 Å². The van der Waals surface area contributed by atoms with Crippen LogP contribution in [0.15, 0.2) is 54.6 Å². The first-order valence-electron chi connectivity index (χ1n) is 15.4. The van der Waals surface area contributed by atoms with Gasteiger partial charge in [-0.1, -0.05) is 24.3 Å². The number of nitrogens with zero attached hydrogens (tertiary/aromatic N) is 4. The molecule has 0 aliphatic carbocycles. The third-order valence-corrected chi connectivity index (χ3v) is 7.72. The van der Waals surface area contributed by atoms with E-state index in [1.165, 1.54) is 4.90 Å². The lowest BCUT2D eigenvalue weighted by molar-refractivity contribution is -0.118. The summed E-state index contributed by atoms with van der Waals surface area (Å²) in [6.07, 6.45) is 0.400. The molecule has 0 bridgehead atoms. The number of hydrogen-bond donors (Lipinski definition) is 2. The summed E-state index contributed by atoms with van der Waals surface area (Å²) in [5, 5.41) is 6.09. The molecule has 3 aliphatic heterocycles. The SMILES string of the molecule is CC(C)(C)OC(=O)N1CC[C@@H]1COc1cccc(-c2cccc(CNCC[C@H]3CN(c4ccc5c(n4)NC(=O)CO5)C(=O)O3)c2)n1. The molecule has 13 heteroatoms. The minimum Gasteiger partial charge on any atom is -0.480 e. The van der Waals surface area contributed by atoms with E-state index in [1.54, 1.807) is 17.0 Å². The number of cyclic esters (lactones) is 1. The molecule has 2 aromatic heterocycles. The van der Waals surface area contributed by atoms with Crippen molar-refractivity contribution in [2.24, 2.45) is 0 Å². The molecule has 6 rings (SSSR count). The summed E-state index contributed by atoms with van der Waals surface area (Å²) in [5.41, 5.74) is 2.30. The first-order chi connectivity index (χ1) is 22.1. The average molecular weight is 631 g/mol. The summed E-state index contributed by atoms with van der Waals surface area (Å²) >= 11 is 0. The summed E-state index contributed by atoms with van der Waals surface area (Å²) in [5.74, 6) is 1.37. The summed E-state index contributed by atoms with van der Waals surface area (Å²) < 4.78 is 22.4. The molecule has 2 fully saturated rings. The van der Waals surface area contributed by atoms with Crippen molar-refractivity contribution in [2.45, 2.75) is 57.9 Å². The minimum atomic E-state index is -0.537. The number of amides is 3. The predicted molar refractivity (Wildman–Crippen MR) is 169 cm³/mol. The Labute approximate surface area is 267 Å². The first-order valence-corrected chi connectivity index (χ1v) is 15.4. The van der Waals surface area contributed by atoms with E-state index in [0.29, 0.717) is 62.5 Å². The van der Waals surface area contributed by atoms with Crippen LogP contribution in [-0.4, -0.2) is 83.6 Å². The lowest BCUT2D eigenvalue weighted by Crippen LogP contribution is -2.55. The molecule has 2 N–H and O–H groups in total. The van der Waals surface area contributed by atoms with E-state index in [1.807, 2.05) is 57.2 Å². The maximum Gasteiger partial charge on any atom is 0.415 e. The van der Waals surface area contributed by atoms with Crippen LogP contribution in [-0.2, 0) is 20.8 Å². The van der Waals surface area contributed by atoms with Gasteiger partial charge in [0.05, 0.1) is 18.3 Å². The second-order valence-electron chi connectivity index (χ2n) is 12.4. The molecule has 0 radical (unpaired) electrons. The molecule has 3 aromatic rings. The zero-order valence-corrected chi connectivity index (χ0v) is 26.2. The molecule has 2 atom stereocenters. The highest BCUT2D eigenvalue weighted by Crippen LogP contribution is 2.30. The van der Waals surface area contributed by atoms with E-state index in [2.05, 4.69) is 21.7 Å². The molecule has 13 nitrogen and oxygen atoms in total. The van der Waals surface area contributed by atoms with Crippen molar-refractivity contribution in [3.05, 3.63) is 60.2 Å².